The number of nitrogens with zero attached hydrogens (tertiary/aromatic N) is 2. The number of aryl methyl sites for hydroxylation is 1. The lowest BCUT2D eigenvalue weighted by atomic mass is 10.0. The summed E-state index contributed by atoms with van der Waals surface area (Å²) in [6.45, 7) is 4.57. The first-order valence-corrected chi connectivity index (χ1v) is 7.42. The van der Waals surface area contributed by atoms with E-state index in [1.807, 2.05) is 6.92 Å². The van der Waals surface area contributed by atoms with Gasteiger partial charge in [-0.1, -0.05) is 11.6 Å². The maximum absolute atomic E-state index is 12.2. The van der Waals surface area contributed by atoms with Crippen LogP contribution in [0.15, 0.2) is 0 Å². The number of rotatable bonds is 4. The van der Waals surface area contributed by atoms with Gasteiger partial charge >= 0.3 is 6.09 Å². The molecule has 1 aliphatic heterocycles. The van der Waals surface area contributed by atoms with Gasteiger partial charge in [0.2, 0.25) is 0 Å². The fourth-order valence-electron chi connectivity index (χ4n) is 2.42. The summed E-state index contributed by atoms with van der Waals surface area (Å²) in [6, 6.07) is -0.271. The van der Waals surface area contributed by atoms with Crippen molar-refractivity contribution in [3.63, 3.8) is 0 Å². The molecule has 1 aromatic heterocycles. The summed E-state index contributed by atoms with van der Waals surface area (Å²) in [5.41, 5.74) is 0.619. The van der Waals surface area contributed by atoms with Gasteiger partial charge in [-0.25, -0.2) is 9.78 Å². The fraction of sp³-hybridized carbons (Fsp3) is 0.615. The lowest BCUT2D eigenvalue weighted by Crippen LogP contribution is -2.56. The first-order valence-electron chi connectivity index (χ1n) is 7.04. The molecule has 0 bridgehead atoms. The van der Waals surface area contributed by atoms with E-state index in [1.165, 1.54) is 4.90 Å². The zero-order chi connectivity index (χ0) is 16.3. The highest BCUT2D eigenvalue weighted by Gasteiger charge is 2.33. The second kappa shape index (κ2) is 6.97. The number of H-pyrrole nitrogens is 1. The first kappa shape index (κ1) is 16.6. The lowest BCUT2D eigenvalue weighted by Gasteiger charge is -2.37. The first-order chi connectivity index (χ1) is 10.4. The molecule has 0 radical (unpaired) electrons. The van der Waals surface area contributed by atoms with E-state index in [1.54, 1.807) is 6.92 Å². The van der Waals surface area contributed by atoms with Crippen LogP contribution in [0, 0.1) is 6.92 Å². The Balaban J connectivity index is 2.03. The Morgan fingerprint density at radius 1 is 1.59 bits per heavy atom. The molecule has 2 rings (SSSR count). The Morgan fingerprint density at radius 3 is 2.86 bits per heavy atom. The van der Waals surface area contributed by atoms with Crippen LogP contribution in [0.2, 0.25) is 5.15 Å². The number of likely N-dealkylation sites (tertiary alicyclic amines) is 1. The Hall–Kier alpha value is -1.80. The maximum Gasteiger partial charge on any atom is 0.407 e. The topological polar surface area (TPSA) is 108 Å². The number of ether oxygens (including phenoxy) is 1. The minimum Gasteiger partial charge on any atom is -0.465 e. The number of aromatic amines is 1. The molecule has 0 aromatic carbocycles. The van der Waals surface area contributed by atoms with E-state index in [2.05, 4.69) is 15.3 Å². The van der Waals surface area contributed by atoms with Crippen LogP contribution in [-0.2, 0) is 4.74 Å². The number of hydrogen-bond acceptors (Lipinski definition) is 4. The van der Waals surface area contributed by atoms with Crippen molar-refractivity contribution in [2.45, 2.75) is 32.4 Å². The number of carboxylic acid groups (broad SMARTS) is 1. The van der Waals surface area contributed by atoms with Crippen molar-refractivity contribution in [2.75, 3.05) is 19.7 Å². The highest BCUT2D eigenvalue weighted by molar-refractivity contribution is 6.30. The number of carbonyl (C=O) groups excluding carboxylic acids is 1. The van der Waals surface area contributed by atoms with Crippen molar-refractivity contribution in [1.82, 2.24) is 20.2 Å². The van der Waals surface area contributed by atoms with Gasteiger partial charge < -0.3 is 25.0 Å². The quantitative estimate of drug-likeness (QED) is 0.770. The van der Waals surface area contributed by atoms with E-state index >= 15 is 0 Å². The van der Waals surface area contributed by atoms with Crippen LogP contribution in [-0.4, -0.2) is 63.8 Å². The van der Waals surface area contributed by atoms with Gasteiger partial charge in [-0.3, -0.25) is 4.79 Å². The van der Waals surface area contributed by atoms with Crippen LogP contribution in [0.1, 0.15) is 29.7 Å². The fourth-order valence-corrected chi connectivity index (χ4v) is 2.55. The van der Waals surface area contributed by atoms with E-state index in [0.29, 0.717) is 25.3 Å². The van der Waals surface area contributed by atoms with Crippen molar-refractivity contribution in [3.05, 3.63) is 16.7 Å². The molecular formula is C13H19ClN4O4. The molecule has 9 heteroatoms. The standard InChI is InChI=1S/C13H19ClN4O4/c1-3-22-9-6-18(13(20)21)5-4-8(9)16-12(19)11-15-7(2)10(14)17-11/h8-9H,3-6H2,1-2H3,(H,15,17)(H,16,19)(H,20,21)/t8-,9+/m0/s1. The monoisotopic (exact) mass is 330 g/mol. The van der Waals surface area contributed by atoms with E-state index < -0.39 is 6.09 Å². The third-order valence-corrected chi connectivity index (χ3v) is 3.94. The summed E-state index contributed by atoms with van der Waals surface area (Å²) in [6.07, 6.45) is -0.885. The summed E-state index contributed by atoms with van der Waals surface area (Å²) in [5.74, 6) is -0.244. The number of hydrogen-bond donors (Lipinski definition) is 3. The Kier molecular flexibility index (Phi) is 5.25. The number of nitrogens with one attached hydrogen (secondary N) is 2. The zero-order valence-corrected chi connectivity index (χ0v) is 13.2. The SMILES string of the molecule is CCO[C@@H]1CN(C(=O)O)CC[C@@H]1NC(=O)c1nc(Cl)c(C)[nH]1. The average molecular weight is 331 g/mol. The molecule has 1 aliphatic rings. The van der Waals surface area contributed by atoms with Crippen LogP contribution in [0.4, 0.5) is 4.79 Å². The molecule has 0 unspecified atom stereocenters. The largest absolute Gasteiger partial charge is 0.465 e. The molecule has 0 spiro atoms. The molecule has 3 N–H and O–H groups in total. The number of piperidine rings is 1. The number of amides is 2. The number of aromatic nitrogens is 2. The second-order valence-corrected chi connectivity index (χ2v) is 5.45. The predicted octanol–water partition coefficient (Wildman–Crippen LogP) is 1.26. The summed E-state index contributed by atoms with van der Waals surface area (Å²) < 4.78 is 5.57. The normalized spacial score (nSPS) is 21.7. The summed E-state index contributed by atoms with van der Waals surface area (Å²) >= 11 is 5.83. The van der Waals surface area contributed by atoms with Gasteiger partial charge in [-0.15, -0.1) is 0 Å². The van der Waals surface area contributed by atoms with Crippen LogP contribution in [0.25, 0.3) is 0 Å². The third kappa shape index (κ3) is 3.69. The molecular weight excluding hydrogens is 312 g/mol. The van der Waals surface area contributed by atoms with Crippen molar-refractivity contribution < 1.29 is 19.4 Å². The second-order valence-electron chi connectivity index (χ2n) is 5.09. The highest BCUT2D eigenvalue weighted by atomic mass is 35.5. The smallest absolute Gasteiger partial charge is 0.407 e. The summed E-state index contributed by atoms with van der Waals surface area (Å²) in [7, 11) is 0. The summed E-state index contributed by atoms with van der Waals surface area (Å²) in [5, 5.41) is 12.1. The molecule has 1 aromatic rings. The van der Waals surface area contributed by atoms with E-state index in [4.69, 9.17) is 21.4 Å². The predicted molar refractivity (Wildman–Crippen MR) is 79.2 cm³/mol. The van der Waals surface area contributed by atoms with Crippen LogP contribution >= 0.6 is 11.6 Å². The molecule has 0 aliphatic carbocycles. The van der Waals surface area contributed by atoms with Crippen LogP contribution in [0.5, 0.6) is 0 Å². The van der Waals surface area contributed by atoms with Crippen molar-refractivity contribution in [2.24, 2.45) is 0 Å². The average Bonchev–Trinajstić information content (AvgIpc) is 2.80. The minimum atomic E-state index is -0.983. The third-order valence-electron chi connectivity index (χ3n) is 3.57. The molecule has 1 saturated heterocycles. The molecule has 2 amide bonds. The molecule has 22 heavy (non-hydrogen) atoms. The number of halogens is 1. The van der Waals surface area contributed by atoms with Gasteiger partial charge in [0.25, 0.3) is 5.91 Å². The van der Waals surface area contributed by atoms with E-state index in [9.17, 15) is 9.59 Å². The molecule has 2 heterocycles. The molecule has 2 atom stereocenters. The van der Waals surface area contributed by atoms with Crippen molar-refractivity contribution >= 4 is 23.6 Å². The summed E-state index contributed by atoms with van der Waals surface area (Å²) in [4.78, 5) is 31.3. The van der Waals surface area contributed by atoms with Crippen LogP contribution in [0.3, 0.4) is 0 Å². The van der Waals surface area contributed by atoms with Gasteiger partial charge in [0.15, 0.2) is 11.0 Å². The Bertz CT molecular complexity index is 543. The Labute approximate surface area is 132 Å². The maximum atomic E-state index is 12.2. The van der Waals surface area contributed by atoms with Gasteiger partial charge in [0.05, 0.1) is 24.4 Å². The van der Waals surface area contributed by atoms with E-state index in [0.717, 1.165) is 0 Å². The van der Waals surface area contributed by atoms with Gasteiger partial charge in [-0.05, 0) is 20.3 Å². The van der Waals surface area contributed by atoms with Crippen LogP contribution < -0.4 is 5.32 Å². The lowest BCUT2D eigenvalue weighted by molar-refractivity contribution is -0.0112. The van der Waals surface area contributed by atoms with Crippen molar-refractivity contribution in [3.8, 4) is 0 Å². The zero-order valence-electron chi connectivity index (χ0n) is 12.4. The van der Waals surface area contributed by atoms with Gasteiger partial charge in [-0.2, -0.15) is 0 Å². The molecule has 0 saturated carbocycles. The highest BCUT2D eigenvalue weighted by Crippen LogP contribution is 2.16. The number of imidazole rings is 1. The number of carbonyl (C=O) groups is 2. The van der Waals surface area contributed by atoms with Gasteiger partial charge in [0, 0.05) is 13.2 Å². The molecule has 1 fully saturated rings. The minimum absolute atomic E-state index is 0.137. The van der Waals surface area contributed by atoms with E-state index in [-0.39, 0.29) is 35.6 Å². The van der Waals surface area contributed by atoms with Gasteiger partial charge in [0.1, 0.15) is 0 Å². The molecule has 8 nitrogen and oxygen atoms in total. The molecule has 122 valence electrons. The van der Waals surface area contributed by atoms with Crippen molar-refractivity contribution in [1.29, 1.82) is 0 Å². The Morgan fingerprint density at radius 2 is 2.32 bits per heavy atom.